The number of likely N-dealkylation sites (tertiary alicyclic amines) is 1. The van der Waals surface area contributed by atoms with Crippen molar-refractivity contribution >= 4 is 0 Å². The van der Waals surface area contributed by atoms with Crippen molar-refractivity contribution in [3.63, 3.8) is 0 Å². The summed E-state index contributed by atoms with van der Waals surface area (Å²) in [4.78, 5) is 5.47. The van der Waals surface area contributed by atoms with E-state index >= 15 is 0 Å². The van der Waals surface area contributed by atoms with E-state index in [1.807, 2.05) is 0 Å². The summed E-state index contributed by atoms with van der Waals surface area (Å²) in [6.45, 7) is 22.2. The predicted molar refractivity (Wildman–Crippen MR) is 117 cm³/mol. The first-order valence-electron chi connectivity index (χ1n) is 11.9. The number of nitrogens with one attached hydrogen (secondary N) is 1. The van der Waals surface area contributed by atoms with E-state index in [4.69, 9.17) is 0 Å². The molecule has 0 atom stereocenters. The van der Waals surface area contributed by atoms with Gasteiger partial charge >= 0.3 is 0 Å². The van der Waals surface area contributed by atoms with Crippen molar-refractivity contribution in [3.8, 4) is 0 Å². The molecule has 3 fully saturated rings. The molecular formula is C24H47N3. The molecule has 0 radical (unpaired) electrons. The van der Waals surface area contributed by atoms with Crippen molar-refractivity contribution in [2.24, 2.45) is 29.1 Å². The Morgan fingerprint density at radius 1 is 0.704 bits per heavy atom. The molecule has 0 spiro atoms. The molecule has 2 aliphatic heterocycles. The predicted octanol–water partition coefficient (Wildman–Crippen LogP) is 4.83. The summed E-state index contributed by atoms with van der Waals surface area (Å²) in [7, 11) is 0. The minimum Gasteiger partial charge on any atom is -0.314 e. The fourth-order valence-electron chi connectivity index (χ4n) is 6.45. The van der Waals surface area contributed by atoms with Crippen molar-refractivity contribution in [2.75, 3.05) is 39.3 Å². The minimum absolute atomic E-state index is 0.215. The van der Waals surface area contributed by atoms with Crippen LogP contribution in [0.4, 0.5) is 0 Å². The average molecular weight is 378 g/mol. The molecule has 2 saturated heterocycles. The fourth-order valence-corrected chi connectivity index (χ4v) is 6.45. The second kappa shape index (κ2) is 8.71. The summed E-state index contributed by atoms with van der Waals surface area (Å²) >= 11 is 0. The Kier molecular flexibility index (Phi) is 6.97. The lowest BCUT2D eigenvalue weighted by Gasteiger charge is -2.53. The summed E-state index contributed by atoms with van der Waals surface area (Å²) in [6, 6.07) is 0. The Morgan fingerprint density at radius 2 is 1.19 bits per heavy atom. The summed E-state index contributed by atoms with van der Waals surface area (Å²) in [5, 5.41) is 3.50. The summed E-state index contributed by atoms with van der Waals surface area (Å²) in [5.41, 5.74) is 0.736. The van der Waals surface area contributed by atoms with E-state index in [-0.39, 0.29) is 5.66 Å². The van der Waals surface area contributed by atoms with Crippen molar-refractivity contribution in [1.82, 2.24) is 15.1 Å². The molecule has 1 aliphatic carbocycles. The van der Waals surface area contributed by atoms with Crippen LogP contribution >= 0.6 is 0 Å². The standard InChI is InChI=1S/C24H47N3/c1-19(2)20-7-9-21(10-8-20)23(3,4)22-11-15-26(16-12-22)24(5,6)27-17-13-25-14-18-27/h19-22,25H,7-18H2,1-6H3. The molecule has 3 heteroatoms. The highest BCUT2D eigenvalue weighted by atomic mass is 15.4. The lowest BCUT2D eigenvalue weighted by Crippen LogP contribution is -2.63. The number of nitrogens with zero attached hydrogens (tertiary/aromatic N) is 2. The van der Waals surface area contributed by atoms with Gasteiger partial charge in [0.2, 0.25) is 0 Å². The highest BCUT2D eigenvalue weighted by Gasteiger charge is 2.43. The highest BCUT2D eigenvalue weighted by molar-refractivity contribution is 4.94. The van der Waals surface area contributed by atoms with E-state index in [9.17, 15) is 0 Å². The molecule has 158 valence electrons. The quantitative estimate of drug-likeness (QED) is 0.740. The molecule has 3 aliphatic rings. The van der Waals surface area contributed by atoms with Crippen LogP contribution in [-0.2, 0) is 0 Å². The molecule has 0 amide bonds. The van der Waals surface area contributed by atoms with Gasteiger partial charge in [0.1, 0.15) is 0 Å². The second-order valence-corrected chi connectivity index (χ2v) is 11.2. The van der Waals surface area contributed by atoms with Crippen LogP contribution in [0.25, 0.3) is 0 Å². The van der Waals surface area contributed by atoms with Crippen LogP contribution in [0.15, 0.2) is 0 Å². The maximum Gasteiger partial charge on any atom is 0.0680 e. The normalized spacial score (nSPS) is 30.8. The van der Waals surface area contributed by atoms with E-state index < -0.39 is 0 Å². The van der Waals surface area contributed by atoms with E-state index in [2.05, 4.69) is 56.7 Å². The van der Waals surface area contributed by atoms with E-state index in [1.54, 1.807) is 0 Å². The van der Waals surface area contributed by atoms with Crippen LogP contribution < -0.4 is 5.32 Å². The minimum atomic E-state index is 0.215. The molecule has 1 N–H and O–H groups in total. The third kappa shape index (κ3) is 4.73. The van der Waals surface area contributed by atoms with Crippen molar-refractivity contribution in [2.45, 2.75) is 85.7 Å². The van der Waals surface area contributed by atoms with E-state index in [1.165, 1.54) is 64.7 Å². The highest BCUT2D eigenvalue weighted by Crippen LogP contribution is 2.49. The molecule has 0 bridgehead atoms. The molecule has 27 heavy (non-hydrogen) atoms. The second-order valence-electron chi connectivity index (χ2n) is 11.2. The SMILES string of the molecule is CC(C)C1CCC(C(C)(C)C2CCN(C(C)(C)N3CCNCC3)CC2)CC1. The first kappa shape index (κ1) is 21.6. The first-order chi connectivity index (χ1) is 12.7. The summed E-state index contributed by atoms with van der Waals surface area (Å²) < 4.78 is 0. The molecular weight excluding hydrogens is 330 g/mol. The largest absolute Gasteiger partial charge is 0.314 e. The molecule has 0 aromatic carbocycles. The summed E-state index contributed by atoms with van der Waals surface area (Å²) in [6.07, 6.45) is 8.69. The van der Waals surface area contributed by atoms with Gasteiger partial charge in [-0.25, -0.2) is 0 Å². The van der Waals surface area contributed by atoms with Crippen LogP contribution in [0.1, 0.15) is 80.1 Å². The van der Waals surface area contributed by atoms with Gasteiger partial charge < -0.3 is 5.32 Å². The van der Waals surface area contributed by atoms with Gasteiger partial charge in [-0.1, -0.05) is 27.7 Å². The van der Waals surface area contributed by atoms with Crippen LogP contribution in [0.5, 0.6) is 0 Å². The average Bonchev–Trinajstić information content (AvgIpc) is 2.69. The van der Waals surface area contributed by atoms with Gasteiger partial charge in [0.15, 0.2) is 0 Å². The van der Waals surface area contributed by atoms with Gasteiger partial charge in [0.25, 0.3) is 0 Å². The number of piperazine rings is 1. The fraction of sp³-hybridized carbons (Fsp3) is 1.00. The van der Waals surface area contributed by atoms with Gasteiger partial charge in [-0.2, -0.15) is 0 Å². The zero-order valence-electron chi connectivity index (χ0n) is 19.2. The molecule has 1 saturated carbocycles. The van der Waals surface area contributed by atoms with Crippen LogP contribution in [0, 0.1) is 29.1 Å². The maximum absolute atomic E-state index is 3.50. The Hall–Kier alpha value is -0.120. The number of piperidine rings is 1. The van der Waals surface area contributed by atoms with Gasteiger partial charge in [0.05, 0.1) is 5.66 Å². The third-order valence-electron chi connectivity index (χ3n) is 8.98. The topological polar surface area (TPSA) is 18.5 Å². The third-order valence-corrected chi connectivity index (χ3v) is 8.98. The molecule has 2 heterocycles. The molecule has 3 nitrogen and oxygen atoms in total. The molecule has 0 unspecified atom stereocenters. The Morgan fingerprint density at radius 3 is 1.70 bits per heavy atom. The van der Waals surface area contributed by atoms with E-state index in [0.29, 0.717) is 5.41 Å². The number of hydrogen-bond donors (Lipinski definition) is 1. The van der Waals surface area contributed by atoms with E-state index in [0.717, 1.165) is 36.8 Å². The lowest BCUT2D eigenvalue weighted by molar-refractivity contribution is -0.0710. The maximum atomic E-state index is 3.50. The molecule has 0 aromatic heterocycles. The Balaban J connectivity index is 1.53. The van der Waals surface area contributed by atoms with Crippen LogP contribution in [-0.4, -0.2) is 54.7 Å². The number of rotatable bonds is 5. The van der Waals surface area contributed by atoms with Crippen molar-refractivity contribution in [1.29, 1.82) is 0 Å². The van der Waals surface area contributed by atoms with Gasteiger partial charge in [-0.3, -0.25) is 9.80 Å². The van der Waals surface area contributed by atoms with Crippen molar-refractivity contribution in [3.05, 3.63) is 0 Å². The number of hydrogen-bond acceptors (Lipinski definition) is 3. The zero-order chi connectivity index (χ0) is 19.7. The molecule has 3 rings (SSSR count). The monoisotopic (exact) mass is 377 g/mol. The van der Waals surface area contributed by atoms with Gasteiger partial charge in [0, 0.05) is 39.3 Å². The Bertz CT molecular complexity index is 448. The first-order valence-corrected chi connectivity index (χ1v) is 11.9. The smallest absolute Gasteiger partial charge is 0.0680 e. The van der Waals surface area contributed by atoms with Crippen LogP contribution in [0.2, 0.25) is 0 Å². The van der Waals surface area contributed by atoms with Crippen molar-refractivity contribution < 1.29 is 0 Å². The Labute approximate surface area is 169 Å². The van der Waals surface area contributed by atoms with Crippen LogP contribution in [0.3, 0.4) is 0 Å². The van der Waals surface area contributed by atoms with Gasteiger partial charge in [-0.15, -0.1) is 0 Å². The summed E-state index contributed by atoms with van der Waals surface area (Å²) in [5.74, 6) is 3.72. The zero-order valence-corrected chi connectivity index (χ0v) is 19.2. The molecule has 0 aromatic rings. The lowest BCUT2D eigenvalue weighted by atomic mass is 9.60. The van der Waals surface area contributed by atoms with Gasteiger partial charge in [-0.05, 0) is 81.5 Å².